The first-order valence-electron chi connectivity index (χ1n) is 7.61. The summed E-state index contributed by atoms with van der Waals surface area (Å²) in [6.45, 7) is 7.83. The summed E-state index contributed by atoms with van der Waals surface area (Å²) in [5.41, 5.74) is 0. The molecule has 2 rings (SSSR count). The van der Waals surface area contributed by atoms with E-state index < -0.39 is 5.79 Å². The Morgan fingerprint density at radius 1 is 1.00 bits per heavy atom. The molecule has 1 saturated heterocycles. The van der Waals surface area contributed by atoms with Crippen molar-refractivity contribution in [2.45, 2.75) is 77.2 Å². The van der Waals surface area contributed by atoms with Crippen LogP contribution in [0.4, 0.5) is 0 Å². The van der Waals surface area contributed by atoms with Gasteiger partial charge < -0.3 is 14.8 Å². The van der Waals surface area contributed by atoms with Crippen LogP contribution in [0.15, 0.2) is 0 Å². The van der Waals surface area contributed by atoms with Crippen molar-refractivity contribution in [2.24, 2.45) is 5.92 Å². The van der Waals surface area contributed by atoms with Crippen molar-refractivity contribution in [2.75, 3.05) is 13.2 Å². The average Bonchev–Trinajstić information content (AvgIpc) is 2.60. The molecule has 0 radical (unpaired) electrons. The molecule has 0 aromatic carbocycles. The second-order valence-corrected chi connectivity index (χ2v) is 6.43. The van der Waals surface area contributed by atoms with Crippen LogP contribution in [0.2, 0.25) is 0 Å². The zero-order valence-corrected chi connectivity index (χ0v) is 12.2. The van der Waals surface area contributed by atoms with Gasteiger partial charge in [0.15, 0.2) is 5.79 Å². The van der Waals surface area contributed by atoms with Crippen LogP contribution in [0.3, 0.4) is 0 Å². The van der Waals surface area contributed by atoms with Crippen LogP contribution in [0.25, 0.3) is 0 Å². The maximum atomic E-state index is 5.71. The van der Waals surface area contributed by atoms with Crippen molar-refractivity contribution in [1.29, 1.82) is 0 Å². The maximum Gasteiger partial charge on any atom is 0.162 e. The van der Waals surface area contributed by atoms with Crippen LogP contribution in [-0.4, -0.2) is 31.1 Å². The number of ether oxygens (including phenoxy) is 2. The third-order valence-corrected chi connectivity index (χ3v) is 4.37. The minimum Gasteiger partial charge on any atom is -0.349 e. The number of rotatable bonds is 3. The Morgan fingerprint density at radius 2 is 1.56 bits per heavy atom. The van der Waals surface area contributed by atoms with Crippen molar-refractivity contribution < 1.29 is 9.47 Å². The molecule has 0 unspecified atom stereocenters. The molecule has 1 aliphatic heterocycles. The van der Waals surface area contributed by atoms with E-state index in [0.717, 1.165) is 19.1 Å². The maximum absolute atomic E-state index is 5.71. The molecule has 2 fully saturated rings. The predicted molar refractivity (Wildman–Crippen MR) is 73.6 cm³/mol. The molecule has 1 saturated carbocycles. The molecule has 106 valence electrons. The third-order valence-electron chi connectivity index (χ3n) is 4.37. The van der Waals surface area contributed by atoms with Gasteiger partial charge in [-0.25, -0.2) is 0 Å². The molecule has 0 amide bonds. The second kappa shape index (κ2) is 6.36. The minimum atomic E-state index is -0.399. The highest BCUT2D eigenvalue weighted by atomic mass is 16.7. The Hall–Kier alpha value is -0.120. The van der Waals surface area contributed by atoms with Gasteiger partial charge in [-0.1, -0.05) is 25.7 Å². The summed E-state index contributed by atoms with van der Waals surface area (Å²) in [4.78, 5) is 0. The number of nitrogens with one attached hydrogen (secondary N) is 1. The summed E-state index contributed by atoms with van der Waals surface area (Å²) in [5, 5.41) is 3.70. The molecule has 1 aliphatic carbocycles. The molecular formula is C15H29NO2. The van der Waals surface area contributed by atoms with E-state index in [4.69, 9.17) is 9.47 Å². The lowest BCUT2D eigenvalue weighted by atomic mass is 9.92. The van der Waals surface area contributed by atoms with Gasteiger partial charge >= 0.3 is 0 Å². The minimum absolute atomic E-state index is 0.358. The number of hydrogen-bond donors (Lipinski definition) is 1. The van der Waals surface area contributed by atoms with Crippen LogP contribution in [-0.2, 0) is 9.47 Å². The fourth-order valence-corrected chi connectivity index (χ4v) is 3.11. The van der Waals surface area contributed by atoms with E-state index >= 15 is 0 Å². The first-order chi connectivity index (χ1) is 8.57. The van der Waals surface area contributed by atoms with Crippen LogP contribution >= 0.6 is 0 Å². The highest BCUT2D eigenvalue weighted by molar-refractivity contribution is 4.81. The molecule has 3 nitrogen and oxygen atoms in total. The van der Waals surface area contributed by atoms with Crippen LogP contribution in [0.1, 0.15) is 59.3 Å². The van der Waals surface area contributed by atoms with E-state index in [1.54, 1.807) is 0 Å². The van der Waals surface area contributed by atoms with Crippen molar-refractivity contribution in [3.8, 4) is 0 Å². The average molecular weight is 255 g/mol. The van der Waals surface area contributed by atoms with Crippen molar-refractivity contribution in [3.05, 3.63) is 0 Å². The lowest BCUT2D eigenvalue weighted by Crippen LogP contribution is -2.52. The topological polar surface area (TPSA) is 30.5 Å². The van der Waals surface area contributed by atoms with Gasteiger partial charge in [0.05, 0.1) is 19.3 Å². The molecule has 3 heteroatoms. The van der Waals surface area contributed by atoms with Gasteiger partial charge in [0.2, 0.25) is 0 Å². The van der Waals surface area contributed by atoms with E-state index in [9.17, 15) is 0 Å². The molecule has 0 bridgehead atoms. The van der Waals surface area contributed by atoms with E-state index in [1.807, 2.05) is 13.8 Å². The lowest BCUT2D eigenvalue weighted by Gasteiger charge is -2.37. The Kier molecular flexibility index (Phi) is 5.05. The van der Waals surface area contributed by atoms with Gasteiger partial charge in [-0.2, -0.15) is 0 Å². The summed E-state index contributed by atoms with van der Waals surface area (Å²) >= 11 is 0. The first-order valence-corrected chi connectivity index (χ1v) is 7.61. The second-order valence-electron chi connectivity index (χ2n) is 6.43. The molecule has 1 N–H and O–H groups in total. The first kappa shape index (κ1) is 14.3. The van der Waals surface area contributed by atoms with E-state index in [-0.39, 0.29) is 0 Å². The van der Waals surface area contributed by atoms with E-state index in [2.05, 4.69) is 12.2 Å². The summed E-state index contributed by atoms with van der Waals surface area (Å²) < 4.78 is 11.4. The van der Waals surface area contributed by atoms with E-state index in [0.29, 0.717) is 12.1 Å². The molecule has 0 aromatic heterocycles. The fourth-order valence-electron chi connectivity index (χ4n) is 3.11. The molecule has 1 heterocycles. The summed E-state index contributed by atoms with van der Waals surface area (Å²) in [6.07, 6.45) is 8.42. The van der Waals surface area contributed by atoms with Gasteiger partial charge in [0.1, 0.15) is 0 Å². The Bertz CT molecular complexity index is 237. The fraction of sp³-hybridized carbons (Fsp3) is 1.00. The zero-order chi connectivity index (χ0) is 13.0. The normalized spacial score (nSPS) is 28.8. The molecular weight excluding hydrogens is 226 g/mol. The van der Waals surface area contributed by atoms with Crippen LogP contribution in [0.5, 0.6) is 0 Å². The third kappa shape index (κ3) is 4.22. The monoisotopic (exact) mass is 255 g/mol. The van der Waals surface area contributed by atoms with Crippen molar-refractivity contribution in [3.63, 3.8) is 0 Å². The Morgan fingerprint density at radius 3 is 2.11 bits per heavy atom. The molecule has 1 atom stereocenters. The van der Waals surface area contributed by atoms with Gasteiger partial charge in [0.25, 0.3) is 0 Å². The van der Waals surface area contributed by atoms with Crippen molar-refractivity contribution >= 4 is 0 Å². The Labute approximate surface area is 112 Å². The summed E-state index contributed by atoms with van der Waals surface area (Å²) in [5.74, 6) is 0.437. The van der Waals surface area contributed by atoms with Gasteiger partial charge in [-0.3, -0.25) is 0 Å². The predicted octanol–water partition coefficient (Wildman–Crippen LogP) is 3.09. The quantitative estimate of drug-likeness (QED) is 0.786. The molecule has 0 aromatic rings. The summed E-state index contributed by atoms with van der Waals surface area (Å²) in [7, 11) is 0. The molecule has 0 spiro atoms. The molecule has 2 aliphatic rings. The molecule has 18 heavy (non-hydrogen) atoms. The van der Waals surface area contributed by atoms with Crippen LogP contribution in [0, 0.1) is 5.92 Å². The number of hydrogen-bond acceptors (Lipinski definition) is 3. The summed E-state index contributed by atoms with van der Waals surface area (Å²) in [6, 6.07) is 0.942. The largest absolute Gasteiger partial charge is 0.349 e. The highest BCUT2D eigenvalue weighted by Gasteiger charge is 2.30. The van der Waals surface area contributed by atoms with Crippen molar-refractivity contribution in [1.82, 2.24) is 5.32 Å². The zero-order valence-electron chi connectivity index (χ0n) is 12.2. The van der Waals surface area contributed by atoms with Crippen LogP contribution < -0.4 is 5.32 Å². The Balaban J connectivity index is 1.75. The highest BCUT2D eigenvalue weighted by Crippen LogP contribution is 2.26. The SMILES string of the molecule is C[C@@H](NC1COC(C)(C)OC1)C1CCCCCC1. The van der Waals surface area contributed by atoms with Gasteiger partial charge in [-0.05, 0) is 39.5 Å². The standard InChI is InChI=1S/C15H29NO2/c1-12(13-8-6-4-5-7-9-13)16-14-10-17-15(2,3)18-11-14/h12-14,16H,4-11H2,1-3H3/t12-/m1/s1. The smallest absolute Gasteiger partial charge is 0.162 e. The van der Waals surface area contributed by atoms with Gasteiger partial charge in [-0.15, -0.1) is 0 Å². The van der Waals surface area contributed by atoms with Gasteiger partial charge in [0, 0.05) is 6.04 Å². The lowest BCUT2D eigenvalue weighted by molar-refractivity contribution is -0.253. The van der Waals surface area contributed by atoms with E-state index in [1.165, 1.54) is 38.5 Å².